The van der Waals surface area contributed by atoms with Crippen LogP contribution >= 0.6 is 0 Å². The lowest BCUT2D eigenvalue weighted by Gasteiger charge is -2.21. The first-order valence-corrected chi connectivity index (χ1v) is 8.53. The average Bonchev–Trinajstić information content (AvgIpc) is 2.88. The van der Waals surface area contributed by atoms with Crippen LogP contribution in [0.5, 0.6) is 0 Å². The van der Waals surface area contributed by atoms with E-state index in [1.54, 1.807) is 6.20 Å². The van der Waals surface area contributed by atoms with Gasteiger partial charge in [0, 0.05) is 33.2 Å². The Kier molecular flexibility index (Phi) is 5.29. The summed E-state index contributed by atoms with van der Waals surface area (Å²) in [6.45, 7) is 1.87. The number of nitrogens with zero attached hydrogens (tertiary/aromatic N) is 6. The zero-order valence-electron chi connectivity index (χ0n) is 14.7. The van der Waals surface area contributed by atoms with Crippen molar-refractivity contribution in [3.05, 3.63) is 36.4 Å². The Bertz CT molecular complexity index is 719. The van der Waals surface area contributed by atoms with Crippen molar-refractivity contribution in [1.82, 2.24) is 15.0 Å². The summed E-state index contributed by atoms with van der Waals surface area (Å²) in [5.74, 6) is 1.80. The van der Waals surface area contributed by atoms with Gasteiger partial charge in [-0.15, -0.1) is 0 Å². The summed E-state index contributed by atoms with van der Waals surface area (Å²) in [7, 11) is 3.97. The molecule has 7 nitrogen and oxygen atoms in total. The van der Waals surface area contributed by atoms with Crippen molar-refractivity contribution in [2.24, 2.45) is 0 Å². The summed E-state index contributed by atoms with van der Waals surface area (Å²) in [5, 5.41) is 12.4. The van der Waals surface area contributed by atoms with E-state index < -0.39 is 0 Å². The van der Waals surface area contributed by atoms with E-state index in [1.807, 2.05) is 37.3 Å². The van der Waals surface area contributed by atoms with Gasteiger partial charge in [0.05, 0.1) is 24.3 Å². The number of hydrogen-bond donors (Lipinski definition) is 1. The summed E-state index contributed by atoms with van der Waals surface area (Å²) in [6, 6.07) is 6.53. The maximum Gasteiger partial charge on any atom is 0.158 e. The molecule has 3 rings (SSSR count). The molecule has 1 fully saturated rings. The Hall–Kier alpha value is -2.88. The lowest BCUT2D eigenvalue weighted by molar-refractivity contribution is 0.639. The number of nitriles is 1. The summed E-state index contributed by atoms with van der Waals surface area (Å²) in [5.41, 5.74) is 1.41. The number of nitrogens with one attached hydrogen (secondary N) is 1. The second kappa shape index (κ2) is 7.79. The highest BCUT2D eigenvalue weighted by molar-refractivity contribution is 5.48. The van der Waals surface area contributed by atoms with Crippen LogP contribution in [-0.2, 0) is 0 Å². The number of hydrogen-bond acceptors (Lipinski definition) is 7. The van der Waals surface area contributed by atoms with E-state index in [1.165, 1.54) is 6.20 Å². The Morgan fingerprint density at radius 1 is 1.12 bits per heavy atom. The minimum absolute atomic E-state index is 0.354. The van der Waals surface area contributed by atoms with E-state index in [0.717, 1.165) is 49.7 Å². The van der Waals surface area contributed by atoms with Gasteiger partial charge in [-0.05, 0) is 31.4 Å². The van der Waals surface area contributed by atoms with Crippen molar-refractivity contribution < 1.29 is 0 Å². The molecule has 0 aromatic carbocycles. The molecule has 2 aromatic rings. The average molecular weight is 337 g/mol. The first kappa shape index (κ1) is 17.0. The van der Waals surface area contributed by atoms with Crippen LogP contribution in [-0.4, -0.2) is 48.2 Å². The van der Waals surface area contributed by atoms with E-state index in [2.05, 4.69) is 31.2 Å². The highest BCUT2D eigenvalue weighted by atomic mass is 15.2. The van der Waals surface area contributed by atoms with Crippen LogP contribution in [0.15, 0.2) is 30.7 Å². The molecular formula is C18H23N7. The predicted molar refractivity (Wildman–Crippen MR) is 98.8 cm³/mol. The number of aromatic nitrogens is 3. The first-order valence-electron chi connectivity index (χ1n) is 8.53. The normalized spacial score (nSPS) is 17.5. The largest absolute Gasteiger partial charge is 0.381 e. The minimum Gasteiger partial charge on any atom is -0.381 e. The molecule has 0 radical (unpaired) electrons. The zero-order chi connectivity index (χ0) is 17.6. The Morgan fingerprint density at radius 2 is 2.00 bits per heavy atom. The third-order valence-corrected chi connectivity index (χ3v) is 4.38. The standard InChI is InChI=1S/C18H23N7/c1-24(2)17-6-5-15(11-21-17)23-14-4-3-8-25(9-7-14)18-13-20-16(10-19)12-22-18/h5-6,11-14,23H,3-4,7-9H2,1-2H3/t14-/m1/s1. The molecule has 25 heavy (non-hydrogen) atoms. The maximum absolute atomic E-state index is 8.82. The van der Waals surface area contributed by atoms with Gasteiger partial charge < -0.3 is 15.1 Å². The van der Waals surface area contributed by atoms with Crippen molar-refractivity contribution in [2.45, 2.75) is 25.3 Å². The lowest BCUT2D eigenvalue weighted by Crippen LogP contribution is -2.27. The van der Waals surface area contributed by atoms with Crippen molar-refractivity contribution in [3.8, 4) is 6.07 Å². The van der Waals surface area contributed by atoms with Gasteiger partial charge in [-0.2, -0.15) is 5.26 Å². The van der Waals surface area contributed by atoms with Crippen LogP contribution in [0, 0.1) is 11.3 Å². The minimum atomic E-state index is 0.354. The third kappa shape index (κ3) is 4.35. The number of pyridine rings is 1. The molecular weight excluding hydrogens is 314 g/mol. The fraction of sp³-hybridized carbons (Fsp3) is 0.444. The Balaban J connectivity index is 1.58. The van der Waals surface area contributed by atoms with Gasteiger partial charge in [-0.25, -0.2) is 15.0 Å². The van der Waals surface area contributed by atoms with Gasteiger partial charge >= 0.3 is 0 Å². The quantitative estimate of drug-likeness (QED) is 0.916. The van der Waals surface area contributed by atoms with Crippen molar-refractivity contribution >= 4 is 17.3 Å². The molecule has 1 saturated heterocycles. The van der Waals surface area contributed by atoms with Crippen molar-refractivity contribution in [3.63, 3.8) is 0 Å². The second-order valence-corrected chi connectivity index (χ2v) is 6.43. The maximum atomic E-state index is 8.82. The molecule has 130 valence electrons. The highest BCUT2D eigenvalue weighted by Gasteiger charge is 2.18. The van der Waals surface area contributed by atoms with Gasteiger partial charge in [-0.1, -0.05) is 0 Å². The van der Waals surface area contributed by atoms with Gasteiger partial charge in [0.2, 0.25) is 0 Å². The molecule has 0 aliphatic carbocycles. The fourth-order valence-electron chi connectivity index (χ4n) is 2.98. The summed E-state index contributed by atoms with van der Waals surface area (Å²) in [6.07, 6.45) is 8.34. The van der Waals surface area contributed by atoms with E-state index in [9.17, 15) is 0 Å². The fourth-order valence-corrected chi connectivity index (χ4v) is 2.98. The second-order valence-electron chi connectivity index (χ2n) is 6.43. The third-order valence-electron chi connectivity index (χ3n) is 4.38. The smallest absolute Gasteiger partial charge is 0.158 e. The van der Waals surface area contributed by atoms with Gasteiger partial charge in [0.25, 0.3) is 0 Å². The summed E-state index contributed by atoms with van der Waals surface area (Å²) >= 11 is 0. The van der Waals surface area contributed by atoms with Crippen LogP contribution in [0.3, 0.4) is 0 Å². The lowest BCUT2D eigenvalue weighted by atomic mass is 10.1. The predicted octanol–water partition coefficient (Wildman–Crippen LogP) is 2.28. The van der Waals surface area contributed by atoms with Crippen LogP contribution in [0.1, 0.15) is 25.0 Å². The molecule has 0 bridgehead atoms. The molecule has 1 aliphatic heterocycles. The number of rotatable bonds is 4. The van der Waals surface area contributed by atoms with Crippen LogP contribution in [0.4, 0.5) is 17.3 Å². The molecule has 1 N–H and O–H groups in total. The first-order chi connectivity index (χ1) is 12.2. The molecule has 0 unspecified atom stereocenters. The van der Waals surface area contributed by atoms with Gasteiger partial charge in [-0.3, -0.25) is 0 Å². The van der Waals surface area contributed by atoms with Gasteiger partial charge in [0.15, 0.2) is 5.69 Å². The van der Waals surface area contributed by atoms with Crippen LogP contribution < -0.4 is 15.1 Å². The van der Waals surface area contributed by atoms with E-state index in [4.69, 9.17) is 5.26 Å². The highest BCUT2D eigenvalue weighted by Crippen LogP contribution is 2.20. The number of anilines is 3. The molecule has 0 spiro atoms. The summed E-state index contributed by atoms with van der Waals surface area (Å²) in [4.78, 5) is 17.2. The SMILES string of the molecule is CN(C)c1ccc(N[C@@H]2CCCN(c3cnc(C#N)cn3)CC2)cn1. The zero-order valence-corrected chi connectivity index (χ0v) is 14.7. The molecule has 3 heterocycles. The monoisotopic (exact) mass is 337 g/mol. The molecule has 1 aliphatic rings. The molecule has 7 heteroatoms. The van der Waals surface area contributed by atoms with E-state index in [-0.39, 0.29) is 0 Å². The van der Waals surface area contributed by atoms with Crippen molar-refractivity contribution in [1.29, 1.82) is 5.26 Å². The van der Waals surface area contributed by atoms with Gasteiger partial charge in [0.1, 0.15) is 17.7 Å². The Morgan fingerprint density at radius 3 is 2.64 bits per heavy atom. The van der Waals surface area contributed by atoms with Crippen molar-refractivity contribution in [2.75, 3.05) is 42.3 Å². The molecule has 2 aromatic heterocycles. The molecule has 0 amide bonds. The topological polar surface area (TPSA) is 81.0 Å². The molecule has 0 saturated carbocycles. The van der Waals surface area contributed by atoms with Crippen LogP contribution in [0.25, 0.3) is 0 Å². The molecule has 1 atom stereocenters. The van der Waals surface area contributed by atoms with Crippen LogP contribution in [0.2, 0.25) is 0 Å². The Labute approximate surface area is 148 Å². The summed E-state index contributed by atoms with van der Waals surface area (Å²) < 4.78 is 0. The van der Waals surface area contributed by atoms with E-state index >= 15 is 0 Å². The van der Waals surface area contributed by atoms with E-state index in [0.29, 0.717) is 11.7 Å².